The van der Waals surface area contributed by atoms with Crippen molar-refractivity contribution in [1.29, 1.82) is 0 Å². The van der Waals surface area contributed by atoms with E-state index in [4.69, 9.17) is 17.5 Å². The first-order chi connectivity index (χ1) is 2.00. The van der Waals surface area contributed by atoms with Crippen LogP contribution in [0.15, 0.2) is 0 Å². The molecule has 0 heterocycles. The Balaban J connectivity index is -0.00000000533. The zero-order valence-electron chi connectivity index (χ0n) is 7.12. The van der Waals surface area contributed by atoms with E-state index in [9.17, 15) is 0 Å². The van der Waals surface area contributed by atoms with Crippen LogP contribution in [0.25, 0.3) is 0 Å². The third-order valence-corrected chi connectivity index (χ3v) is 0. The van der Waals surface area contributed by atoms with Crippen molar-refractivity contribution in [3.8, 4) is 0 Å². The van der Waals surface area contributed by atoms with Crippen molar-refractivity contribution in [3.63, 3.8) is 0 Å². The predicted octanol–water partition coefficient (Wildman–Crippen LogP) is -8.07. The van der Waals surface area contributed by atoms with Gasteiger partial charge in [-0.05, 0) is 0 Å². The molecule has 9 heteroatoms. The van der Waals surface area contributed by atoms with Crippen LogP contribution in [-0.2, 0) is 10.4 Å². The van der Waals surface area contributed by atoms with Crippen LogP contribution in [0, 0.1) is 0 Å². The number of hydrogen-bond acceptors (Lipinski definition) is 2. The Morgan fingerprint density at radius 1 is 1.11 bits per heavy atom. The molecule has 0 aliphatic heterocycles. The van der Waals surface area contributed by atoms with Gasteiger partial charge >= 0.3 is 58.8 Å². The van der Waals surface area contributed by atoms with E-state index in [-0.39, 0.29) is 62.2 Å². The summed E-state index contributed by atoms with van der Waals surface area (Å²) in [6.45, 7) is 0. The maximum Gasteiger partial charge on any atom is 1.00 e. The van der Waals surface area contributed by atoms with Gasteiger partial charge in [0.25, 0.3) is 0 Å². The van der Waals surface area contributed by atoms with Crippen molar-refractivity contribution >= 4 is 10.4 Å². The molecule has 52 valence electrons. The monoisotopic (exact) mass is 166 g/mol. The molecule has 0 aromatic carbocycles. The van der Waals surface area contributed by atoms with Gasteiger partial charge in [-0.3, -0.25) is 9.11 Å². The Morgan fingerprint density at radius 3 is 1.11 bits per heavy atom. The maximum atomic E-state index is 8.74. The van der Waals surface area contributed by atoms with E-state index < -0.39 is 10.4 Å². The van der Waals surface area contributed by atoms with E-state index in [1.54, 1.807) is 0 Å². The first-order valence-electron chi connectivity index (χ1n) is 0.698. The molecule has 9 heavy (non-hydrogen) atoms. The van der Waals surface area contributed by atoms with E-state index in [1.807, 2.05) is 0 Å². The van der Waals surface area contributed by atoms with Crippen LogP contribution in [0.5, 0.6) is 0 Å². The number of rotatable bonds is 0. The van der Waals surface area contributed by atoms with E-state index in [2.05, 4.69) is 0 Å². The van der Waals surface area contributed by atoms with Gasteiger partial charge in [-0.25, -0.2) is 0 Å². The summed E-state index contributed by atoms with van der Waals surface area (Å²) < 4.78 is 31.6. The molecule has 0 fully saturated rings. The fraction of sp³-hybridized carbons (Fsp3) is 0. The van der Waals surface area contributed by atoms with Crippen LogP contribution < -0.4 is 48.4 Å². The molecule has 0 atom stereocenters. The molecule has 0 aromatic heterocycles. The van der Waals surface area contributed by atoms with Gasteiger partial charge < -0.3 is 13.8 Å². The van der Waals surface area contributed by atoms with Gasteiger partial charge in [-0.1, -0.05) is 0 Å². The van der Waals surface area contributed by atoms with Gasteiger partial charge in [-0.2, -0.15) is 8.42 Å². The topological polar surface area (TPSA) is 138 Å². The molecule has 0 radical (unpaired) electrons. The van der Waals surface area contributed by atoms with Crippen molar-refractivity contribution in [3.05, 3.63) is 0 Å². The zero-order chi connectivity index (χ0) is 4.50. The Hall–Kier alpha value is 1.39. The van der Waals surface area contributed by atoms with Gasteiger partial charge in [0.15, 0.2) is 0 Å². The Kier molecular flexibility index (Phi) is 42.4. The Labute approximate surface area is 89.6 Å². The molecule has 0 spiro atoms. The molecule has 0 aliphatic carbocycles. The molecular formula is H8LiNaO6S. The molecule has 6 N–H and O–H groups in total. The standard InChI is InChI=1S/Li.Na.H2O4S.2H2O.2H/c;;1-5(2,3)4;;;;/h;;(H2,1,2,3,4);2*1H2;;/q2*+1;;;;2*-1. The molecular weight excluding hydrogens is 158 g/mol. The average molecular weight is 166 g/mol. The molecule has 6 nitrogen and oxygen atoms in total. The summed E-state index contributed by atoms with van der Waals surface area (Å²) in [7, 11) is -4.67. The van der Waals surface area contributed by atoms with Crippen LogP contribution in [0.1, 0.15) is 2.85 Å². The minimum Gasteiger partial charge on any atom is -1.00 e. The summed E-state index contributed by atoms with van der Waals surface area (Å²) in [6, 6.07) is 0. The largest absolute Gasteiger partial charge is 1.00 e. The van der Waals surface area contributed by atoms with E-state index >= 15 is 0 Å². The molecule has 0 amide bonds. The third kappa shape index (κ3) is 266. The number of hydrogen-bond donors (Lipinski definition) is 2. The normalized spacial score (nSPS) is 6.44. The molecule has 0 saturated heterocycles. The van der Waals surface area contributed by atoms with Crippen molar-refractivity contribution < 1.29 is 79.7 Å². The van der Waals surface area contributed by atoms with Gasteiger partial charge in [-0.15, -0.1) is 0 Å². The fourth-order valence-corrected chi connectivity index (χ4v) is 0. The van der Waals surface area contributed by atoms with Gasteiger partial charge in [0.1, 0.15) is 0 Å². The summed E-state index contributed by atoms with van der Waals surface area (Å²) in [6.07, 6.45) is 0. The van der Waals surface area contributed by atoms with E-state index in [0.29, 0.717) is 0 Å². The SMILES string of the molecule is O.O.O=S(=O)(O)O.[H-].[H-].[Li+].[Na+]. The van der Waals surface area contributed by atoms with Crippen LogP contribution in [0.4, 0.5) is 0 Å². The minimum atomic E-state index is -4.67. The molecule has 0 aliphatic rings. The van der Waals surface area contributed by atoms with E-state index in [1.165, 1.54) is 0 Å². The van der Waals surface area contributed by atoms with Crippen LogP contribution in [-0.4, -0.2) is 28.5 Å². The van der Waals surface area contributed by atoms with Crippen molar-refractivity contribution in [2.45, 2.75) is 0 Å². The quantitative estimate of drug-likeness (QED) is 0.272. The van der Waals surface area contributed by atoms with Crippen molar-refractivity contribution in [2.24, 2.45) is 0 Å². The second-order valence-electron chi connectivity index (χ2n) is 0.448. The fourth-order valence-electron chi connectivity index (χ4n) is 0. The van der Waals surface area contributed by atoms with Gasteiger partial charge in [0.05, 0.1) is 0 Å². The minimum absolute atomic E-state index is 0. The van der Waals surface area contributed by atoms with Gasteiger partial charge in [0.2, 0.25) is 0 Å². The van der Waals surface area contributed by atoms with Crippen LogP contribution in [0.2, 0.25) is 0 Å². The third-order valence-electron chi connectivity index (χ3n) is 0. The second-order valence-corrected chi connectivity index (χ2v) is 1.34. The summed E-state index contributed by atoms with van der Waals surface area (Å²) in [5.41, 5.74) is 0. The Morgan fingerprint density at radius 2 is 1.11 bits per heavy atom. The first kappa shape index (κ1) is 31.5. The van der Waals surface area contributed by atoms with Crippen molar-refractivity contribution in [2.75, 3.05) is 0 Å². The van der Waals surface area contributed by atoms with Crippen molar-refractivity contribution in [1.82, 2.24) is 0 Å². The summed E-state index contributed by atoms with van der Waals surface area (Å²) in [5.74, 6) is 0. The molecule has 0 saturated carbocycles. The molecule has 0 unspecified atom stereocenters. The molecule has 0 bridgehead atoms. The molecule has 0 rings (SSSR count). The maximum absolute atomic E-state index is 8.74. The summed E-state index contributed by atoms with van der Waals surface area (Å²) >= 11 is 0. The van der Waals surface area contributed by atoms with Crippen LogP contribution >= 0.6 is 0 Å². The van der Waals surface area contributed by atoms with E-state index in [0.717, 1.165) is 0 Å². The van der Waals surface area contributed by atoms with Crippen LogP contribution in [0.3, 0.4) is 0 Å². The first-order valence-corrected chi connectivity index (χ1v) is 2.10. The summed E-state index contributed by atoms with van der Waals surface area (Å²) in [4.78, 5) is 0. The zero-order valence-corrected chi connectivity index (χ0v) is 7.94. The smallest absolute Gasteiger partial charge is 1.00 e. The Bertz CT molecular complexity index is 104. The van der Waals surface area contributed by atoms with Gasteiger partial charge in [0, 0.05) is 0 Å². The molecule has 0 aromatic rings. The summed E-state index contributed by atoms with van der Waals surface area (Å²) in [5, 5.41) is 0. The average Bonchev–Trinajstić information content (AvgIpc) is 0.722. The second kappa shape index (κ2) is 12.1. The predicted molar refractivity (Wildman–Crippen MR) is 23.6 cm³/mol.